The smallest absolute Gasteiger partial charge is 0.192 e. The van der Waals surface area contributed by atoms with Gasteiger partial charge in [0.2, 0.25) is 0 Å². The van der Waals surface area contributed by atoms with Gasteiger partial charge in [0.05, 0.1) is 30.3 Å². The average Bonchev–Trinajstić information content (AvgIpc) is 3.43. The molecule has 1 saturated heterocycles. The predicted molar refractivity (Wildman–Crippen MR) is 164 cm³/mol. The number of hydrogen-bond donors (Lipinski definition) is 0. The standard InChI is InChI=1S/C34H53ClO4Si/c1-32(2,3)40(7,8)39-24-18-17-22-25(24)28(35)31(36-20-21-14-10-9-11-15-21)27-26(22)30-29(37-33(4,5)38-30)23-16-12-13-19-34(23,27)6/h9-11,14-15,22-31H,12-13,16-20H2,1-8H3/t22?,23?,24-,25?,26?,27?,28?,29+,30+,31?,34-/m0/s1. The maximum absolute atomic E-state index is 7.74. The zero-order valence-electron chi connectivity index (χ0n) is 26.1. The molecular formula is C34H53ClO4Si. The van der Waals surface area contributed by atoms with Gasteiger partial charge < -0.3 is 18.6 Å². The number of ether oxygens (including phenoxy) is 3. The Kier molecular flexibility index (Phi) is 7.66. The Morgan fingerprint density at radius 3 is 2.35 bits per heavy atom. The molecule has 6 rings (SSSR count). The van der Waals surface area contributed by atoms with Gasteiger partial charge in [-0.15, -0.1) is 11.6 Å². The molecule has 5 fully saturated rings. The zero-order chi connectivity index (χ0) is 28.7. The minimum atomic E-state index is -1.96. The second kappa shape index (κ2) is 10.3. The molecule has 40 heavy (non-hydrogen) atoms. The number of alkyl halides is 1. The van der Waals surface area contributed by atoms with Gasteiger partial charge in [0.25, 0.3) is 0 Å². The van der Waals surface area contributed by atoms with E-state index in [-0.39, 0.29) is 46.2 Å². The Morgan fingerprint density at radius 2 is 1.65 bits per heavy atom. The van der Waals surface area contributed by atoms with Crippen LogP contribution < -0.4 is 0 Å². The topological polar surface area (TPSA) is 36.9 Å². The molecule has 4 aliphatic carbocycles. The number of hydrogen-bond acceptors (Lipinski definition) is 4. The molecule has 11 atom stereocenters. The maximum Gasteiger partial charge on any atom is 0.192 e. The Bertz CT molecular complexity index is 1060. The first-order chi connectivity index (χ1) is 18.7. The molecule has 1 aromatic carbocycles. The van der Waals surface area contributed by atoms with E-state index < -0.39 is 14.1 Å². The molecule has 0 aromatic heterocycles. The lowest BCUT2D eigenvalue weighted by molar-refractivity contribution is -0.214. The Hall–Kier alpha value is -0.433. The summed E-state index contributed by atoms with van der Waals surface area (Å²) in [5, 5.41) is 0.0943. The minimum absolute atomic E-state index is 0.0319. The van der Waals surface area contributed by atoms with Gasteiger partial charge in [-0.25, -0.2) is 0 Å². The van der Waals surface area contributed by atoms with Crippen molar-refractivity contribution in [2.45, 2.75) is 140 Å². The van der Waals surface area contributed by atoms with Crippen LogP contribution in [0.4, 0.5) is 0 Å². The second-order valence-corrected chi connectivity index (χ2v) is 21.2. The van der Waals surface area contributed by atoms with Gasteiger partial charge in [-0.1, -0.05) is 70.9 Å². The van der Waals surface area contributed by atoms with Gasteiger partial charge >= 0.3 is 0 Å². The van der Waals surface area contributed by atoms with Crippen molar-refractivity contribution in [1.29, 1.82) is 0 Å². The molecule has 0 bridgehead atoms. The van der Waals surface area contributed by atoms with Crippen LogP contribution in [0.15, 0.2) is 30.3 Å². The van der Waals surface area contributed by atoms with Gasteiger partial charge in [0.15, 0.2) is 14.1 Å². The van der Waals surface area contributed by atoms with E-state index >= 15 is 0 Å². The molecule has 4 nitrogen and oxygen atoms in total. The van der Waals surface area contributed by atoms with E-state index in [2.05, 4.69) is 85.0 Å². The van der Waals surface area contributed by atoms with Gasteiger partial charge in [-0.2, -0.15) is 0 Å². The summed E-state index contributed by atoms with van der Waals surface area (Å²) in [5.41, 5.74) is 1.34. The van der Waals surface area contributed by atoms with Crippen molar-refractivity contribution in [3.05, 3.63) is 35.9 Å². The summed E-state index contributed by atoms with van der Waals surface area (Å²) >= 11 is 7.74. The highest BCUT2D eigenvalue weighted by molar-refractivity contribution is 6.74. The first-order valence-corrected chi connectivity index (χ1v) is 19.4. The highest BCUT2D eigenvalue weighted by atomic mass is 35.5. The van der Waals surface area contributed by atoms with E-state index in [0.29, 0.717) is 30.3 Å². The van der Waals surface area contributed by atoms with Crippen molar-refractivity contribution in [2.75, 3.05) is 0 Å². The summed E-state index contributed by atoms with van der Waals surface area (Å²) in [6.07, 6.45) is 7.64. The molecule has 0 N–H and O–H groups in total. The van der Waals surface area contributed by atoms with E-state index in [0.717, 1.165) is 12.8 Å². The van der Waals surface area contributed by atoms with E-state index in [1.54, 1.807) is 0 Å². The fourth-order valence-electron chi connectivity index (χ4n) is 9.49. The summed E-state index contributed by atoms with van der Waals surface area (Å²) in [5.74, 6) is 1.41. The third-order valence-corrected chi connectivity index (χ3v) is 17.3. The van der Waals surface area contributed by atoms with Gasteiger partial charge in [-0.05, 0) is 92.3 Å². The first-order valence-electron chi connectivity index (χ1n) is 16.1. The van der Waals surface area contributed by atoms with Crippen LogP contribution >= 0.6 is 11.6 Å². The van der Waals surface area contributed by atoms with E-state index in [1.807, 2.05) is 0 Å². The molecule has 5 aliphatic rings. The fourth-order valence-corrected chi connectivity index (χ4v) is 11.5. The summed E-state index contributed by atoms with van der Waals surface area (Å²) in [6.45, 7) is 19.2. The SMILES string of the molecule is CC1(C)O[C@@H]2C3C4CC[C@H](O[Si](C)(C)C(C)(C)C)C4C(Cl)C(OCc4ccccc4)C3[C@@]3(C)CCCCC3[C@H]2O1. The van der Waals surface area contributed by atoms with Crippen molar-refractivity contribution >= 4 is 19.9 Å². The maximum atomic E-state index is 7.74. The summed E-state index contributed by atoms with van der Waals surface area (Å²) in [7, 11) is -1.96. The average molecular weight is 589 g/mol. The van der Waals surface area contributed by atoms with Crippen molar-refractivity contribution in [1.82, 2.24) is 0 Å². The molecule has 1 heterocycles. The van der Waals surface area contributed by atoms with Crippen LogP contribution in [0.25, 0.3) is 0 Å². The minimum Gasteiger partial charge on any atom is -0.414 e. The lowest BCUT2D eigenvalue weighted by Gasteiger charge is -2.63. The Labute approximate surface area is 249 Å². The molecule has 1 aromatic rings. The van der Waals surface area contributed by atoms with Gasteiger partial charge in [0, 0.05) is 12.0 Å². The van der Waals surface area contributed by atoms with Crippen molar-refractivity contribution < 1.29 is 18.6 Å². The lowest BCUT2D eigenvalue weighted by atomic mass is 9.45. The molecule has 0 radical (unpaired) electrons. The Balaban J connectivity index is 1.41. The predicted octanol–water partition coefficient (Wildman–Crippen LogP) is 8.57. The molecule has 0 spiro atoms. The molecule has 4 saturated carbocycles. The van der Waals surface area contributed by atoms with Crippen LogP contribution in [0, 0.1) is 35.0 Å². The number of benzene rings is 1. The lowest BCUT2D eigenvalue weighted by Crippen LogP contribution is -2.68. The van der Waals surface area contributed by atoms with Crippen molar-refractivity contribution in [3.63, 3.8) is 0 Å². The largest absolute Gasteiger partial charge is 0.414 e. The van der Waals surface area contributed by atoms with Gasteiger partial charge in [-0.3, -0.25) is 0 Å². The molecular weight excluding hydrogens is 536 g/mol. The third kappa shape index (κ3) is 4.87. The monoisotopic (exact) mass is 588 g/mol. The molecule has 224 valence electrons. The molecule has 1 aliphatic heterocycles. The third-order valence-electron chi connectivity index (χ3n) is 12.2. The van der Waals surface area contributed by atoms with Crippen LogP contribution in [-0.4, -0.2) is 43.9 Å². The fraction of sp³-hybridized carbons (Fsp3) is 0.824. The summed E-state index contributed by atoms with van der Waals surface area (Å²) in [4.78, 5) is 0. The van der Waals surface area contributed by atoms with E-state index in [1.165, 1.54) is 31.2 Å². The molecule has 0 amide bonds. The van der Waals surface area contributed by atoms with Gasteiger partial charge in [0.1, 0.15) is 0 Å². The van der Waals surface area contributed by atoms with Crippen molar-refractivity contribution in [3.8, 4) is 0 Å². The van der Waals surface area contributed by atoms with Crippen LogP contribution in [-0.2, 0) is 25.2 Å². The number of halogens is 1. The quantitative estimate of drug-likeness (QED) is 0.255. The summed E-state index contributed by atoms with van der Waals surface area (Å²) in [6, 6.07) is 10.6. The normalized spacial score (nSPS) is 44.4. The van der Waals surface area contributed by atoms with Crippen molar-refractivity contribution in [2.24, 2.45) is 35.0 Å². The summed E-state index contributed by atoms with van der Waals surface area (Å²) < 4.78 is 28.0. The molecule has 7 unspecified atom stereocenters. The molecule has 6 heteroatoms. The highest BCUT2D eigenvalue weighted by Crippen LogP contribution is 2.67. The van der Waals surface area contributed by atoms with Crippen LogP contribution in [0.5, 0.6) is 0 Å². The zero-order valence-corrected chi connectivity index (χ0v) is 27.9. The van der Waals surface area contributed by atoms with Crippen LogP contribution in [0.2, 0.25) is 18.1 Å². The van der Waals surface area contributed by atoms with E-state index in [4.69, 9.17) is 30.2 Å². The van der Waals surface area contributed by atoms with Crippen LogP contribution in [0.3, 0.4) is 0 Å². The van der Waals surface area contributed by atoms with E-state index in [9.17, 15) is 0 Å². The van der Waals surface area contributed by atoms with Crippen LogP contribution in [0.1, 0.15) is 85.6 Å². The highest BCUT2D eigenvalue weighted by Gasteiger charge is 2.70. The number of fused-ring (bicyclic) bond motifs is 8. The number of rotatable bonds is 5. The first kappa shape index (κ1) is 29.6. The second-order valence-electron chi connectivity index (χ2n) is 16.0. The Morgan fingerprint density at radius 1 is 0.950 bits per heavy atom.